The Morgan fingerprint density at radius 1 is 1.08 bits per heavy atom. The summed E-state index contributed by atoms with van der Waals surface area (Å²) in [6, 6.07) is 13.5. The summed E-state index contributed by atoms with van der Waals surface area (Å²) >= 11 is 0. The largest absolute Gasteiger partial charge is 0.341 e. The van der Waals surface area contributed by atoms with E-state index in [9.17, 15) is 14.0 Å². The molecule has 2 aromatic rings. The molecule has 1 aliphatic rings. The Hall–Kier alpha value is -2.69. The molecule has 0 radical (unpaired) electrons. The third kappa shape index (κ3) is 4.28. The lowest BCUT2D eigenvalue weighted by atomic mass is 10.1. The van der Waals surface area contributed by atoms with E-state index in [1.807, 2.05) is 12.1 Å². The van der Waals surface area contributed by atoms with Gasteiger partial charge in [0.15, 0.2) is 0 Å². The Balaban J connectivity index is 1.59. The third-order valence-corrected chi connectivity index (χ3v) is 4.75. The highest BCUT2D eigenvalue weighted by molar-refractivity contribution is 5.96. The maximum absolute atomic E-state index is 12.9. The van der Waals surface area contributed by atoms with Crippen molar-refractivity contribution in [2.45, 2.75) is 25.7 Å². The van der Waals surface area contributed by atoms with E-state index < -0.39 is 0 Å². The van der Waals surface area contributed by atoms with Gasteiger partial charge in [-0.25, -0.2) is 4.39 Å². The monoisotopic (exact) mass is 354 g/mol. The van der Waals surface area contributed by atoms with Gasteiger partial charge in [0.2, 0.25) is 5.91 Å². The molecule has 0 aliphatic carbocycles. The molecule has 2 aromatic carbocycles. The van der Waals surface area contributed by atoms with Crippen molar-refractivity contribution in [3.8, 4) is 0 Å². The number of hydrogen-bond acceptors (Lipinski definition) is 2. The van der Waals surface area contributed by atoms with Crippen molar-refractivity contribution in [2.75, 3.05) is 25.0 Å². The third-order valence-electron chi connectivity index (χ3n) is 4.75. The van der Waals surface area contributed by atoms with E-state index in [1.54, 1.807) is 41.1 Å². The minimum absolute atomic E-state index is 0.0661. The van der Waals surface area contributed by atoms with Gasteiger partial charge in [-0.05, 0) is 61.2 Å². The lowest BCUT2D eigenvalue weighted by Gasteiger charge is -2.27. The van der Waals surface area contributed by atoms with E-state index in [0.29, 0.717) is 24.9 Å². The molecule has 136 valence electrons. The second-order valence-corrected chi connectivity index (χ2v) is 6.65. The molecule has 1 aliphatic heterocycles. The average molecular weight is 354 g/mol. The quantitative estimate of drug-likeness (QED) is 0.822. The lowest BCUT2D eigenvalue weighted by Crippen LogP contribution is -2.35. The van der Waals surface area contributed by atoms with Gasteiger partial charge in [0.05, 0.1) is 0 Å². The van der Waals surface area contributed by atoms with Crippen LogP contribution < -0.4 is 4.90 Å². The topological polar surface area (TPSA) is 40.6 Å². The molecule has 4 nitrogen and oxygen atoms in total. The molecule has 3 rings (SSSR count). The van der Waals surface area contributed by atoms with E-state index in [1.165, 1.54) is 12.1 Å². The number of carbonyl (C=O) groups excluding carboxylic acids is 2. The summed E-state index contributed by atoms with van der Waals surface area (Å²) in [6.07, 6.45) is 3.22. The van der Waals surface area contributed by atoms with Gasteiger partial charge in [-0.3, -0.25) is 9.59 Å². The number of nitrogens with zero attached hydrogens (tertiary/aromatic N) is 2. The van der Waals surface area contributed by atoms with Crippen LogP contribution in [0.4, 0.5) is 10.1 Å². The van der Waals surface area contributed by atoms with Gasteiger partial charge in [-0.15, -0.1) is 0 Å². The number of amides is 2. The van der Waals surface area contributed by atoms with Crippen LogP contribution in [0, 0.1) is 5.82 Å². The van der Waals surface area contributed by atoms with Crippen LogP contribution in [0.1, 0.15) is 35.2 Å². The minimum atomic E-state index is -0.259. The lowest BCUT2D eigenvalue weighted by molar-refractivity contribution is -0.119. The Bertz CT molecular complexity index is 772. The molecule has 1 heterocycles. The minimum Gasteiger partial charge on any atom is -0.341 e. The van der Waals surface area contributed by atoms with Crippen LogP contribution in [0.5, 0.6) is 0 Å². The van der Waals surface area contributed by atoms with Gasteiger partial charge in [0.1, 0.15) is 5.82 Å². The Morgan fingerprint density at radius 3 is 2.42 bits per heavy atom. The molecule has 2 amide bonds. The molecule has 0 saturated carbocycles. The van der Waals surface area contributed by atoms with Crippen LogP contribution in [0.25, 0.3) is 0 Å². The molecular weight excluding hydrogens is 331 g/mol. The zero-order valence-electron chi connectivity index (χ0n) is 15.0. The molecule has 0 atom stereocenters. The first-order valence-electron chi connectivity index (χ1n) is 8.95. The normalized spacial score (nSPS) is 14.4. The van der Waals surface area contributed by atoms with Crippen LogP contribution >= 0.6 is 0 Å². The number of hydrogen-bond donors (Lipinski definition) is 0. The summed E-state index contributed by atoms with van der Waals surface area (Å²) in [4.78, 5) is 28.0. The molecule has 0 unspecified atom stereocenters. The molecule has 5 heteroatoms. The highest BCUT2D eigenvalue weighted by Crippen LogP contribution is 2.21. The second kappa shape index (κ2) is 8.13. The van der Waals surface area contributed by atoms with Crippen molar-refractivity contribution in [1.82, 2.24) is 4.90 Å². The molecule has 1 fully saturated rings. The van der Waals surface area contributed by atoms with Crippen molar-refractivity contribution < 1.29 is 14.0 Å². The van der Waals surface area contributed by atoms with Crippen molar-refractivity contribution in [2.24, 2.45) is 0 Å². The first kappa shape index (κ1) is 18.1. The molecule has 1 saturated heterocycles. The number of rotatable bonds is 5. The Morgan fingerprint density at radius 2 is 1.77 bits per heavy atom. The van der Waals surface area contributed by atoms with Crippen molar-refractivity contribution >= 4 is 17.5 Å². The van der Waals surface area contributed by atoms with Crippen LogP contribution in [-0.4, -0.2) is 36.9 Å². The first-order chi connectivity index (χ1) is 12.5. The summed E-state index contributed by atoms with van der Waals surface area (Å²) in [5, 5.41) is 0. The zero-order chi connectivity index (χ0) is 18.5. The number of likely N-dealkylation sites (N-methyl/N-ethyl adjacent to an activating group) is 1. The zero-order valence-corrected chi connectivity index (χ0v) is 15.0. The van der Waals surface area contributed by atoms with Gasteiger partial charge in [0.25, 0.3) is 5.91 Å². The number of benzene rings is 2. The molecule has 0 N–H and O–H groups in total. The number of piperidine rings is 1. The molecular formula is C21H23FN2O2. The predicted molar refractivity (Wildman–Crippen MR) is 99.7 cm³/mol. The maximum atomic E-state index is 12.9. The molecule has 0 spiro atoms. The van der Waals surface area contributed by atoms with E-state index in [2.05, 4.69) is 0 Å². The van der Waals surface area contributed by atoms with Crippen molar-refractivity contribution in [3.05, 3.63) is 65.5 Å². The van der Waals surface area contributed by atoms with Crippen LogP contribution in [0.3, 0.4) is 0 Å². The fourth-order valence-corrected chi connectivity index (χ4v) is 3.13. The smallest absolute Gasteiger partial charge is 0.253 e. The standard InChI is InChI=1S/C21H23FN2O2/c1-23(15-13-16-5-9-18(22)10-6-16)21(26)17-7-11-19(12-8-17)24-14-3-2-4-20(24)25/h5-12H,2-4,13-15H2,1H3. The fraction of sp³-hybridized carbons (Fsp3) is 0.333. The Labute approximate surface area is 153 Å². The van der Waals surface area contributed by atoms with Gasteiger partial charge in [-0.2, -0.15) is 0 Å². The number of halogens is 1. The van der Waals surface area contributed by atoms with Crippen molar-refractivity contribution in [1.29, 1.82) is 0 Å². The average Bonchev–Trinajstić information content (AvgIpc) is 2.67. The van der Waals surface area contributed by atoms with Crippen molar-refractivity contribution in [3.63, 3.8) is 0 Å². The molecule has 0 bridgehead atoms. The van der Waals surface area contributed by atoms with E-state index in [4.69, 9.17) is 0 Å². The highest BCUT2D eigenvalue weighted by Gasteiger charge is 2.20. The van der Waals surface area contributed by atoms with Gasteiger partial charge in [-0.1, -0.05) is 12.1 Å². The van der Waals surface area contributed by atoms with Gasteiger partial charge >= 0.3 is 0 Å². The predicted octanol–water partition coefficient (Wildman–Crippen LogP) is 3.66. The molecule has 0 aromatic heterocycles. The second-order valence-electron chi connectivity index (χ2n) is 6.65. The summed E-state index contributed by atoms with van der Waals surface area (Å²) in [7, 11) is 1.76. The van der Waals surface area contributed by atoms with Crippen LogP contribution in [0.15, 0.2) is 48.5 Å². The first-order valence-corrected chi connectivity index (χ1v) is 8.95. The summed E-state index contributed by atoms with van der Waals surface area (Å²) in [5.41, 5.74) is 2.44. The van der Waals surface area contributed by atoms with E-state index in [0.717, 1.165) is 30.6 Å². The Kier molecular flexibility index (Phi) is 5.66. The SMILES string of the molecule is CN(CCc1ccc(F)cc1)C(=O)c1ccc(N2CCCCC2=O)cc1. The van der Waals surface area contributed by atoms with Crippen LogP contribution in [-0.2, 0) is 11.2 Å². The molecule has 26 heavy (non-hydrogen) atoms. The van der Waals surface area contributed by atoms with Crippen LogP contribution in [0.2, 0.25) is 0 Å². The summed E-state index contributed by atoms with van der Waals surface area (Å²) in [6.45, 7) is 1.29. The van der Waals surface area contributed by atoms with Gasteiger partial charge < -0.3 is 9.80 Å². The summed E-state index contributed by atoms with van der Waals surface area (Å²) < 4.78 is 12.9. The fourth-order valence-electron chi connectivity index (χ4n) is 3.13. The number of carbonyl (C=O) groups is 2. The van der Waals surface area contributed by atoms with E-state index >= 15 is 0 Å². The van der Waals surface area contributed by atoms with E-state index in [-0.39, 0.29) is 17.6 Å². The number of anilines is 1. The highest BCUT2D eigenvalue weighted by atomic mass is 19.1. The maximum Gasteiger partial charge on any atom is 0.253 e. The van der Waals surface area contributed by atoms with Gasteiger partial charge in [0, 0.05) is 37.8 Å². The summed E-state index contributed by atoms with van der Waals surface area (Å²) in [5.74, 6) is -0.180.